The highest BCUT2D eigenvalue weighted by Gasteiger charge is 2.19. The van der Waals surface area contributed by atoms with E-state index in [0.717, 1.165) is 10.7 Å². The fourth-order valence-corrected chi connectivity index (χ4v) is 2.89. The molecule has 22 heavy (non-hydrogen) atoms. The van der Waals surface area contributed by atoms with Gasteiger partial charge in [-0.15, -0.1) is 11.3 Å². The largest absolute Gasteiger partial charge is 0.364 e. The van der Waals surface area contributed by atoms with Crippen LogP contribution in [0.15, 0.2) is 17.6 Å². The molecular weight excluding hydrogens is 300 g/mol. The normalized spacial score (nSPS) is 11.5. The van der Waals surface area contributed by atoms with Crippen LogP contribution in [0.4, 0.5) is 5.69 Å². The number of carbonyl (C=O) groups excluding carboxylic acids is 2. The van der Waals surface area contributed by atoms with Crippen molar-refractivity contribution in [3.63, 3.8) is 0 Å². The summed E-state index contributed by atoms with van der Waals surface area (Å²) in [5.74, 6) is -0.704. The van der Waals surface area contributed by atoms with Crippen LogP contribution in [0.3, 0.4) is 0 Å². The van der Waals surface area contributed by atoms with E-state index < -0.39 is 5.91 Å². The molecule has 2 rings (SSSR count). The van der Waals surface area contributed by atoms with E-state index in [2.05, 4.69) is 31.1 Å². The Labute approximate surface area is 133 Å². The van der Waals surface area contributed by atoms with Crippen LogP contribution in [-0.4, -0.2) is 21.4 Å². The molecule has 0 aromatic carbocycles. The van der Waals surface area contributed by atoms with Crippen LogP contribution in [0.1, 0.15) is 42.0 Å². The summed E-state index contributed by atoms with van der Waals surface area (Å²) in [4.78, 5) is 27.7. The first-order chi connectivity index (χ1) is 10.2. The van der Waals surface area contributed by atoms with E-state index in [0.29, 0.717) is 11.4 Å². The van der Waals surface area contributed by atoms with Crippen molar-refractivity contribution in [2.24, 2.45) is 12.8 Å². The molecule has 0 saturated carbocycles. The van der Waals surface area contributed by atoms with Crippen LogP contribution < -0.4 is 11.1 Å². The summed E-state index contributed by atoms with van der Waals surface area (Å²) in [5.41, 5.74) is 6.87. The van der Waals surface area contributed by atoms with Crippen molar-refractivity contribution >= 4 is 28.8 Å². The summed E-state index contributed by atoms with van der Waals surface area (Å²) >= 11 is 1.56. The number of thiazole rings is 1. The zero-order chi connectivity index (χ0) is 16.5. The smallest absolute Gasteiger partial charge is 0.265 e. The van der Waals surface area contributed by atoms with E-state index in [4.69, 9.17) is 5.73 Å². The number of amides is 2. The van der Waals surface area contributed by atoms with Gasteiger partial charge in [-0.25, -0.2) is 4.98 Å². The molecule has 0 radical (unpaired) electrons. The van der Waals surface area contributed by atoms with Crippen molar-refractivity contribution in [3.8, 4) is 0 Å². The number of hydrogen-bond donors (Lipinski definition) is 2. The molecule has 2 aromatic rings. The molecule has 0 aliphatic heterocycles. The molecule has 0 saturated heterocycles. The molecule has 2 aromatic heterocycles. The maximum absolute atomic E-state index is 12.1. The van der Waals surface area contributed by atoms with Crippen LogP contribution >= 0.6 is 11.3 Å². The summed E-state index contributed by atoms with van der Waals surface area (Å²) in [6.07, 6.45) is 1.85. The first kappa shape index (κ1) is 16.2. The Morgan fingerprint density at radius 1 is 1.41 bits per heavy atom. The fourth-order valence-electron chi connectivity index (χ4n) is 1.98. The Morgan fingerprint density at radius 2 is 2.09 bits per heavy atom. The van der Waals surface area contributed by atoms with Crippen molar-refractivity contribution in [2.45, 2.75) is 32.6 Å². The number of nitrogens with two attached hydrogens (primary N) is 1. The number of aromatic nitrogens is 2. The quantitative estimate of drug-likeness (QED) is 0.903. The van der Waals surface area contributed by atoms with E-state index in [1.54, 1.807) is 35.2 Å². The van der Waals surface area contributed by atoms with Gasteiger partial charge in [0, 0.05) is 24.0 Å². The van der Waals surface area contributed by atoms with Gasteiger partial charge in [0.1, 0.15) is 5.69 Å². The summed E-state index contributed by atoms with van der Waals surface area (Å²) in [7, 11) is 1.70. The molecular formula is C15H20N4O2S. The highest BCUT2D eigenvalue weighted by molar-refractivity contribution is 7.09. The fraction of sp³-hybridized carbons (Fsp3) is 0.400. The lowest BCUT2D eigenvalue weighted by molar-refractivity contribution is -0.115. The van der Waals surface area contributed by atoms with E-state index in [-0.39, 0.29) is 17.7 Å². The Bertz CT molecular complexity index is 709. The molecule has 0 unspecified atom stereocenters. The topological polar surface area (TPSA) is 90.0 Å². The third-order valence-corrected chi connectivity index (χ3v) is 4.39. The number of carbonyl (C=O) groups is 2. The molecule has 2 amide bonds. The predicted octanol–water partition coefficient (Wildman–Crippen LogP) is 2.06. The van der Waals surface area contributed by atoms with Gasteiger partial charge in [-0.1, -0.05) is 20.8 Å². The van der Waals surface area contributed by atoms with Crippen molar-refractivity contribution < 1.29 is 9.59 Å². The number of rotatable bonds is 4. The molecule has 7 heteroatoms. The summed E-state index contributed by atoms with van der Waals surface area (Å²) in [6.45, 7) is 6.26. The van der Waals surface area contributed by atoms with Gasteiger partial charge in [0.2, 0.25) is 5.91 Å². The number of anilines is 1. The summed E-state index contributed by atoms with van der Waals surface area (Å²) in [6, 6.07) is 1.56. The molecule has 0 fully saturated rings. The van der Waals surface area contributed by atoms with Crippen LogP contribution in [-0.2, 0) is 23.7 Å². The molecule has 6 nitrogen and oxygen atoms in total. The molecule has 118 valence electrons. The van der Waals surface area contributed by atoms with Crippen LogP contribution in [0, 0.1) is 0 Å². The third-order valence-electron chi connectivity index (χ3n) is 3.08. The second-order valence-corrected chi connectivity index (χ2v) is 7.07. The molecule has 0 atom stereocenters. The lowest BCUT2D eigenvalue weighted by Gasteiger charge is -2.13. The minimum atomic E-state index is -0.530. The Hall–Kier alpha value is -2.15. The summed E-state index contributed by atoms with van der Waals surface area (Å²) < 4.78 is 1.58. The van der Waals surface area contributed by atoms with E-state index in [9.17, 15) is 9.59 Å². The molecule has 2 heterocycles. The van der Waals surface area contributed by atoms with Gasteiger partial charge < -0.3 is 15.6 Å². The maximum Gasteiger partial charge on any atom is 0.265 e. The highest BCUT2D eigenvalue weighted by Crippen LogP contribution is 2.25. The molecule has 0 aliphatic rings. The maximum atomic E-state index is 12.1. The van der Waals surface area contributed by atoms with Crippen molar-refractivity contribution in [3.05, 3.63) is 34.0 Å². The van der Waals surface area contributed by atoms with Gasteiger partial charge >= 0.3 is 0 Å². The van der Waals surface area contributed by atoms with Crippen molar-refractivity contribution in [1.29, 1.82) is 0 Å². The number of nitrogens with zero attached hydrogens (tertiary/aromatic N) is 2. The lowest BCUT2D eigenvalue weighted by Crippen LogP contribution is -2.15. The average Bonchev–Trinajstić information content (AvgIpc) is 2.95. The lowest BCUT2D eigenvalue weighted by atomic mass is 9.98. The standard InChI is InChI=1S/C15H20N4O2S/c1-15(2,3)14-18-10(8-22-14)6-12(20)17-9-5-11(13(16)21)19(4)7-9/h5,7-8H,6H2,1-4H3,(H2,16,21)(H,17,20). The van der Waals surface area contributed by atoms with Gasteiger partial charge in [0.25, 0.3) is 5.91 Å². The minimum Gasteiger partial charge on any atom is -0.364 e. The van der Waals surface area contributed by atoms with Gasteiger partial charge in [0.05, 0.1) is 22.8 Å². The van der Waals surface area contributed by atoms with Crippen LogP contribution in [0.5, 0.6) is 0 Å². The SMILES string of the molecule is Cn1cc(NC(=O)Cc2csc(C(C)(C)C)n2)cc1C(N)=O. The first-order valence-corrected chi connectivity index (χ1v) is 7.75. The highest BCUT2D eigenvalue weighted by atomic mass is 32.1. The van der Waals surface area contributed by atoms with Gasteiger partial charge in [-0.05, 0) is 6.07 Å². The average molecular weight is 320 g/mol. The number of hydrogen-bond acceptors (Lipinski definition) is 4. The number of aryl methyl sites for hydroxylation is 1. The second kappa shape index (κ2) is 5.92. The van der Waals surface area contributed by atoms with Crippen LogP contribution in [0.2, 0.25) is 0 Å². The van der Waals surface area contributed by atoms with Gasteiger partial charge in [0.15, 0.2) is 0 Å². The summed E-state index contributed by atoms with van der Waals surface area (Å²) in [5, 5.41) is 5.66. The van der Waals surface area contributed by atoms with Crippen molar-refractivity contribution in [2.75, 3.05) is 5.32 Å². The molecule has 0 aliphatic carbocycles. The zero-order valence-corrected chi connectivity index (χ0v) is 14.0. The van der Waals surface area contributed by atoms with Gasteiger partial charge in [-0.2, -0.15) is 0 Å². The Morgan fingerprint density at radius 3 is 2.59 bits per heavy atom. The molecule has 0 bridgehead atoms. The second-order valence-electron chi connectivity index (χ2n) is 6.21. The Balaban J connectivity index is 2.03. The number of nitrogens with one attached hydrogen (secondary N) is 1. The van der Waals surface area contributed by atoms with Crippen LogP contribution in [0.25, 0.3) is 0 Å². The van der Waals surface area contributed by atoms with E-state index >= 15 is 0 Å². The molecule has 3 N–H and O–H groups in total. The minimum absolute atomic E-state index is 0.0186. The van der Waals surface area contributed by atoms with Gasteiger partial charge in [-0.3, -0.25) is 9.59 Å². The Kier molecular flexibility index (Phi) is 4.37. The predicted molar refractivity (Wildman–Crippen MR) is 87.1 cm³/mol. The van der Waals surface area contributed by atoms with E-state index in [1.807, 2.05) is 5.38 Å². The van der Waals surface area contributed by atoms with E-state index in [1.165, 1.54) is 0 Å². The van der Waals surface area contributed by atoms with Crippen molar-refractivity contribution in [1.82, 2.24) is 9.55 Å². The number of primary amides is 1. The first-order valence-electron chi connectivity index (χ1n) is 6.87. The third kappa shape index (κ3) is 3.73. The molecule has 0 spiro atoms. The monoisotopic (exact) mass is 320 g/mol. The zero-order valence-electron chi connectivity index (χ0n) is 13.1.